The van der Waals surface area contributed by atoms with Gasteiger partial charge in [0.25, 0.3) is 0 Å². The van der Waals surface area contributed by atoms with E-state index in [4.69, 9.17) is 4.74 Å². The molecule has 0 radical (unpaired) electrons. The molecule has 1 aromatic heterocycles. The fraction of sp³-hybridized carbons (Fsp3) is 0.263. The standard InChI is InChI=1S/C19H20N2O2S2/c1-23-16-8-4-2-6-14(16)10-11-20-18(22)12-24-13-19-21-15-7-3-5-9-17(15)25-19/h2-9H,10-13H2,1H3,(H,20,22). The van der Waals surface area contributed by atoms with Gasteiger partial charge < -0.3 is 10.1 Å². The van der Waals surface area contributed by atoms with Gasteiger partial charge in [-0.25, -0.2) is 4.98 Å². The van der Waals surface area contributed by atoms with Crippen molar-refractivity contribution in [1.29, 1.82) is 0 Å². The second-order valence-electron chi connectivity index (χ2n) is 5.48. The Morgan fingerprint density at radius 2 is 2.00 bits per heavy atom. The molecule has 3 aromatic rings. The molecule has 0 spiro atoms. The van der Waals surface area contributed by atoms with E-state index in [-0.39, 0.29) is 5.91 Å². The summed E-state index contributed by atoms with van der Waals surface area (Å²) in [6.45, 7) is 0.612. The van der Waals surface area contributed by atoms with E-state index in [0.29, 0.717) is 12.3 Å². The van der Waals surface area contributed by atoms with Crippen molar-refractivity contribution in [3.8, 4) is 5.75 Å². The molecule has 0 atom stereocenters. The molecule has 0 unspecified atom stereocenters. The van der Waals surface area contributed by atoms with Crippen LogP contribution in [-0.2, 0) is 17.0 Å². The number of rotatable bonds is 8. The van der Waals surface area contributed by atoms with Crippen molar-refractivity contribution in [3.63, 3.8) is 0 Å². The molecule has 0 aliphatic rings. The summed E-state index contributed by atoms with van der Waals surface area (Å²) in [5.41, 5.74) is 2.14. The number of ether oxygens (including phenoxy) is 1. The summed E-state index contributed by atoms with van der Waals surface area (Å²) >= 11 is 3.29. The smallest absolute Gasteiger partial charge is 0.230 e. The lowest BCUT2D eigenvalue weighted by molar-refractivity contribution is -0.118. The number of carbonyl (C=O) groups excluding carboxylic acids is 1. The average Bonchev–Trinajstić information content (AvgIpc) is 3.05. The number of amides is 1. The zero-order valence-corrected chi connectivity index (χ0v) is 15.7. The van der Waals surface area contributed by atoms with Crippen LogP contribution in [-0.4, -0.2) is 30.3 Å². The van der Waals surface area contributed by atoms with E-state index in [1.54, 1.807) is 30.2 Å². The van der Waals surface area contributed by atoms with E-state index >= 15 is 0 Å². The molecule has 0 aliphatic carbocycles. The molecule has 0 fully saturated rings. The van der Waals surface area contributed by atoms with Gasteiger partial charge in [0, 0.05) is 12.3 Å². The molecule has 6 heteroatoms. The summed E-state index contributed by atoms with van der Waals surface area (Å²) < 4.78 is 6.51. The number of fused-ring (bicyclic) bond motifs is 1. The van der Waals surface area contributed by atoms with Crippen molar-refractivity contribution in [2.75, 3.05) is 19.4 Å². The van der Waals surface area contributed by atoms with Crippen LogP contribution in [0.4, 0.5) is 0 Å². The molecule has 0 aliphatic heterocycles. The second kappa shape index (κ2) is 8.87. The number of thiazole rings is 1. The summed E-state index contributed by atoms with van der Waals surface area (Å²) in [5, 5.41) is 4.03. The van der Waals surface area contributed by atoms with Crippen LogP contribution in [0.15, 0.2) is 48.5 Å². The van der Waals surface area contributed by atoms with E-state index in [1.165, 1.54) is 4.70 Å². The number of carbonyl (C=O) groups is 1. The van der Waals surface area contributed by atoms with Gasteiger partial charge in [0.1, 0.15) is 10.8 Å². The van der Waals surface area contributed by atoms with Crippen LogP contribution in [0.3, 0.4) is 0 Å². The maximum Gasteiger partial charge on any atom is 0.230 e. The van der Waals surface area contributed by atoms with E-state index < -0.39 is 0 Å². The molecule has 0 saturated heterocycles. The van der Waals surface area contributed by atoms with Gasteiger partial charge in [0.2, 0.25) is 5.91 Å². The third-order valence-corrected chi connectivity index (χ3v) is 5.87. The van der Waals surface area contributed by atoms with Crippen LogP contribution in [0.1, 0.15) is 10.6 Å². The fourth-order valence-electron chi connectivity index (χ4n) is 2.51. The van der Waals surface area contributed by atoms with Crippen LogP contribution >= 0.6 is 23.1 Å². The summed E-state index contributed by atoms with van der Waals surface area (Å²) in [6.07, 6.45) is 0.762. The first-order valence-electron chi connectivity index (χ1n) is 8.07. The molecule has 3 rings (SSSR count). The number of nitrogens with zero attached hydrogens (tertiary/aromatic N) is 1. The first-order valence-corrected chi connectivity index (χ1v) is 10.0. The summed E-state index contributed by atoms with van der Waals surface area (Å²) in [4.78, 5) is 16.6. The maximum atomic E-state index is 12.0. The number of hydrogen-bond donors (Lipinski definition) is 1. The van der Waals surface area contributed by atoms with Crippen molar-refractivity contribution >= 4 is 39.2 Å². The van der Waals surface area contributed by atoms with Gasteiger partial charge in [0.15, 0.2) is 0 Å². The van der Waals surface area contributed by atoms with Crippen LogP contribution in [0.2, 0.25) is 0 Å². The average molecular weight is 373 g/mol. The highest BCUT2D eigenvalue weighted by atomic mass is 32.2. The Morgan fingerprint density at radius 1 is 1.20 bits per heavy atom. The van der Waals surface area contributed by atoms with Gasteiger partial charge in [-0.05, 0) is 30.2 Å². The molecule has 1 heterocycles. The van der Waals surface area contributed by atoms with Gasteiger partial charge in [-0.3, -0.25) is 4.79 Å². The summed E-state index contributed by atoms with van der Waals surface area (Å²) in [7, 11) is 1.66. The van der Waals surface area contributed by atoms with E-state index in [0.717, 1.165) is 34.0 Å². The molecular formula is C19H20N2O2S2. The topological polar surface area (TPSA) is 51.2 Å². The minimum Gasteiger partial charge on any atom is -0.496 e. The van der Waals surface area contributed by atoms with Gasteiger partial charge in [-0.1, -0.05) is 30.3 Å². The molecule has 0 bridgehead atoms. The van der Waals surface area contributed by atoms with Gasteiger partial charge in [-0.15, -0.1) is 23.1 Å². The Kier molecular flexibility index (Phi) is 6.30. The van der Waals surface area contributed by atoms with Gasteiger partial charge in [0.05, 0.1) is 23.1 Å². The molecule has 0 saturated carbocycles. The number of para-hydroxylation sites is 2. The van der Waals surface area contributed by atoms with E-state index in [1.807, 2.05) is 42.5 Å². The highest BCUT2D eigenvalue weighted by Crippen LogP contribution is 2.24. The predicted molar refractivity (Wildman–Crippen MR) is 105 cm³/mol. The third-order valence-electron chi connectivity index (χ3n) is 3.71. The lowest BCUT2D eigenvalue weighted by atomic mass is 10.1. The molecule has 1 N–H and O–H groups in total. The fourth-order valence-corrected chi connectivity index (χ4v) is 4.39. The van der Waals surface area contributed by atoms with Gasteiger partial charge >= 0.3 is 0 Å². The lowest BCUT2D eigenvalue weighted by Crippen LogP contribution is -2.27. The normalized spacial score (nSPS) is 10.8. The Labute approximate surface area is 155 Å². The Morgan fingerprint density at radius 3 is 2.84 bits per heavy atom. The molecule has 130 valence electrons. The monoisotopic (exact) mass is 372 g/mol. The number of benzene rings is 2. The molecule has 2 aromatic carbocycles. The third kappa shape index (κ3) is 4.96. The van der Waals surface area contributed by atoms with Crippen molar-refractivity contribution in [2.45, 2.75) is 12.2 Å². The Hall–Kier alpha value is -2.05. The highest BCUT2D eigenvalue weighted by Gasteiger charge is 2.07. The van der Waals surface area contributed by atoms with Crippen LogP contribution in [0.25, 0.3) is 10.2 Å². The van der Waals surface area contributed by atoms with Crippen molar-refractivity contribution in [3.05, 3.63) is 59.1 Å². The molecule has 4 nitrogen and oxygen atoms in total. The maximum absolute atomic E-state index is 12.0. The first kappa shape index (κ1) is 17.8. The summed E-state index contributed by atoms with van der Waals surface area (Å²) in [5.74, 6) is 2.13. The number of thioether (sulfide) groups is 1. The molecule has 25 heavy (non-hydrogen) atoms. The van der Waals surface area contributed by atoms with Crippen LogP contribution < -0.4 is 10.1 Å². The number of methoxy groups -OCH3 is 1. The predicted octanol–water partition coefficient (Wildman–Crippen LogP) is 3.90. The minimum atomic E-state index is 0.0565. The van der Waals surface area contributed by atoms with Gasteiger partial charge in [-0.2, -0.15) is 0 Å². The van der Waals surface area contributed by atoms with Crippen molar-refractivity contribution in [2.24, 2.45) is 0 Å². The SMILES string of the molecule is COc1ccccc1CCNC(=O)CSCc1nc2ccccc2s1. The Bertz CT molecular complexity index is 815. The minimum absolute atomic E-state index is 0.0565. The summed E-state index contributed by atoms with van der Waals surface area (Å²) in [6, 6.07) is 16.0. The lowest BCUT2D eigenvalue weighted by Gasteiger charge is -2.09. The molecule has 1 amide bonds. The zero-order chi connectivity index (χ0) is 17.5. The molecular weight excluding hydrogens is 352 g/mol. The van der Waals surface area contributed by atoms with Crippen molar-refractivity contribution < 1.29 is 9.53 Å². The van der Waals surface area contributed by atoms with Crippen molar-refractivity contribution in [1.82, 2.24) is 10.3 Å². The number of hydrogen-bond acceptors (Lipinski definition) is 5. The number of aromatic nitrogens is 1. The quantitative estimate of drug-likeness (QED) is 0.652. The number of nitrogens with one attached hydrogen (secondary N) is 1. The largest absolute Gasteiger partial charge is 0.496 e. The van der Waals surface area contributed by atoms with E-state index in [9.17, 15) is 4.79 Å². The Balaban J connectivity index is 1.39. The van der Waals surface area contributed by atoms with E-state index in [2.05, 4.69) is 16.4 Å². The zero-order valence-electron chi connectivity index (χ0n) is 14.0. The highest BCUT2D eigenvalue weighted by molar-refractivity contribution is 7.99. The first-order chi connectivity index (χ1) is 12.3. The van der Waals surface area contributed by atoms with Crippen LogP contribution in [0, 0.1) is 0 Å². The second-order valence-corrected chi connectivity index (χ2v) is 7.58. The van der Waals surface area contributed by atoms with Crippen LogP contribution in [0.5, 0.6) is 5.75 Å².